The standard InChI is InChI=1S/C9H16O2/c1-8-5-3-7(4-6-8)9(2,10)11-8/h7,10H,3-6H2,1-2H3. The van der Waals surface area contributed by atoms with Gasteiger partial charge in [0.05, 0.1) is 5.60 Å². The largest absolute Gasteiger partial charge is 0.365 e. The van der Waals surface area contributed by atoms with E-state index in [-0.39, 0.29) is 5.60 Å². The Morgan fingerprint density at radius 1 is 1.27 bits per heavy atom. The molecule has 0 spiro atoms. The van der Waals surface area contributed by atoms with E-state index < -0.39 is 5.79 Å². The Kier molecular flexibility index (Phi) is 1.37. The molecule has 1 N–H and O–H groups in total. The van der Waals surface area contributed by atoms with Gasteiger partial charge in [0.1, 0.15) is 0 Å². The smallest absolute Gasteiger partial charge is 0.166 e. The van der Waals surface area contributed by atoms with Crippen molar-refractivity contribution in [3.05, 3.63) is 0 Å². The summed E-state index contributed by atoms with van der Waals surface area (Å²) in [5, 5.41) is 9.81. The monoisotopic (exact) mass is 156 g/mol. The van der Waals surface area contributed by atoms with Crippen molar-refractivity contribution in [1.82, 2.24) is 0 Å². The molecule has 3 rings (SSSR count). The molecule has 0 amide bonds. The normalized spacial score (nSPS) is 56.5. The van der Waals surface area contributed by atoms with E-state index in [1.807, 2.05) is 0 Å². The molecule has 2 aliphatic heterocycles. The fraction of sp³-hybridized carbons (Fsp3) is 1.00. The van der Waals surface area contributed by atoms with Gasteiger partial charge in [-0.05, 0) is 39.5 Å². The molecule has 64 valence electrons. The first kappa shape index (κ1) is 7.56. The SMILES string of the molecule is CC12CCC(CC1)C(C)(O)O2. The molecular formula is C9H16O2. The van der Waals surface area contributed by atoms with E-state index in [0.29, 0.717) is 5.92 Å². The lowest BCUT2D eigenvalue weighted by molar-refractivity contribution is -0.329. The minimum atomic E-state index is -0.842. The van der Waals surface area contributed by atoms with Crippen molar-refractivity contribution in [2.75, 3.05) is 0 Å². The van der Waals surface area contributed by atoms with Crippen molar-refractivity contribution in [2.45, 2.75) is 50.9 Å². The molecule has 2 heterocycles. The van der Waals surface area contributed by atoms with Crippen molar-refractivity contribution in [3.63, 3.8) is 0 Å². The molecule has 3 aliphatic rings. The second-order valence-corrected chi connectivity index (χ2v) is 4.38. The van der Waals surface area contributed by atoms with Crippen molar-refractivity contribution in [1.29, 1.82) is 0 Å². The van der Waals surface area contributed by atoms with Gasteiger partial charge in [-0.2, -0.15) is 0 Å². The molecule has 1 saturated carbocycles. The Morgan fingerprint density at radius 2 is 1.82 bits per heavy atom. The predicted molar refractivity (Wildman–Crippen MR) is 42.1 cm³/mol. The maximum Gasteiger partial charge on any atom is 0.166 e. The van der Waals surface area contributed by atoms with Gasteiger partial charge in [-0.3, -0.25) is 0 Å². The second kappa shape index (κ2) is 1.99. The summed E-state index contributed by atoms with van der Waals surface area (Å²) < 4.78 is 5.62. The fourth-order valence-electron chi connectivity index (χ4n) is 2.45. The minimum absolute atomic E-state index is 0.0295. The van der Waals surface area contributed by atoms with Gasteiger partial charge >= 0.3 is 0 Å². The number of rotatable bonds is 0. The Labute approximate surface area is 67.6 Å². The van der Waals surface area contributed by atoms with Gasteiger partial charge in [-0.25, -0.2) is 0 Å². The highest BCUT2D eigenvalue weighted by molar-refractivity contribution is 4.94. The molecule has 11 heavy (non-hydrogen) atoms. The molecule has 2 saturated heterocycles. The number of aliphatic hydroxyl groups is 1. The van der Waals surface area contributed by atoms with Gasteiger partial charge in [0, 0.05) is 5.92 Å². The zero-order valence-electron chi connectivity index (χ0n) is 7.26. The molecule has 1 unspecified atom stereocenters. The van der Waals surface area contributed by atoms with E-state index in [0.717, 1.165) is 25.7 Å². The molecular weight excluding hydrogens is 140 g/mol. The first-order chi connectivity index (χ1) is 5.02. The van der Waals surface area contributed by atoms with Crippen LogP contribution in [0.4, 0.5) is 0 Å². The number of ether oxygens (including phenoxy) is 1. The summed E-state index contributed by atoms with van der Waals surface area (Å²) in [6.07, 6.45) is 4.49. The summed E-state index contributed by atoms with van der Waals surface area (Å²) in [6, 6.07) is 0. The van der Waals surface area contributed by atoms with Crippen LogP contribution < -0.4 is 0 Å². The molecule has 2 bridgehead atoms. The summed E-state index contributed by atoms with van der Waals surface area (Å²) in [5.41, 5.74) is -0.0295. The third-order valence-electron chi connectivity index (χ3n) is 3.25. The van der Waals surface area contributed by atoms with Crippen LogP contribution in [0, 0.1) is 5.92 Å². The molecule has 2 heteroatoms. The summed E-state index contributed by atoms with van der Waals surface area (Å²) in [5.74, 6) is -0.463. The minimum Gasteiger partial charge on any atom is -0.365 e. The summed E-state index contributed by atoms with van der Waals surface area (Å²) >= 11 is 0. The molecule has 0 aromatic carbocycles. The number of hydrogen-bond acceptors (Lipinski definition) is 2. The van der Waals surface area contributed by atoms with Crippen LogP contribution in [0.1, 0.15) is 39.5 Å². The maximum absolute atomic E-state index is 9.81. The van der Waals surface area contributed by atoms with Gasteiger partial charge in [0.25, 0.3) is 0 Å². The van der Waals surface area contributed by atoms with Crippen LogP contribution in [0.3, 0.4) is 0 Å². The molecule has 0 aromatic heterocycles. The van der Waals surface area contributed by atoms with E-state index in [1.54, 1.807) is 6.92 Å². The Balaban J connectivity index is 2.22. The quantitative estimate of drug-likeness (QED) is 0.578. The molecule has 1 aliphatic carbocycles. The Hall–Kier alpha value is -0.0800. The maximum atomic E-state index is 9.81. The van der Waals surface area contributed by atoms with E-state index in [1.165, 1.54) is 0 Å². The first-order valence-corrected chi connectivity index (χ1v) is 4.44. The van der Waals surface area contributed by atoms with E-state index in [4.69, 9.17) is 4.74 Å². The van der Waals surface area contributed by atoms with Crippen LogP contribution in [0.2, 0.25) is 0 Å². The zero-order chi connectivity index (χ0) is 8.11. The Morgan fingerprint density at radius 3 is 2.09 bits per heavy atom. The molecule has 0 aromatic rings. The van der Waals surface area contributed by atoms with Crippen LogP contribution in [-0.2, 0) is 4.74 Å². The highest BCUT2D eigenvalue weighted by atomic mass is 16.6. The van der Waals surface area contributed by atoms with Gasteiger partial charge < -0.3 is 9.84 Å². The third kappa shape index (κ3) is 1.09. The topological polar surface area (TPSA) is 29.5 Å². The van der Waals surface area contributed by atoms with Gasteiger partial charge in [0.15, 0.2) is 5.79 Å². The molecule has 2 nitrogen and oxygen atoms in total. The third-order valence-corrected chi connectivity index (χ3v) is 3.25. The average Bonchev–Trinajstić information content (AvgIpc) is 1.84. The van der Waals surface area contributed by atoms with Gasteiger partial charge in [-0.1, -0.05) is 0 Å². The van der Waals surface area contributed by atoms with E-state index in [9.17, 15) is 5.11 Å². The first-order valence-electron chi connectivity index (χ1n) is 4.44. The zero-order valence-corrected chi connectivity index (χ0v) is 7.26. The van der Waals surface area contributed by atoms with Crippen molar-refractivity contribution in [2.24, 2.45) is 5.92 Å². The molecule has 0 radical (unpaired) electrons. The lowest BCUT2D eigenvalue weighted by Crippen LogP contribution is -2.55. The van der Waals surface area contributed by atoms with Crippen LogP contribution in [0.15, 0.2) is 0 Å². The van der Waals surface area contributed by atoms with E-state index >= 15 is 0 Å². The van der Waals surface area contributed by atoms with Crippen LogP contribution >= 0.6 is 0 Å². The summed E-state index contributed by atoms with van der Waals surface area (Å²) in [6.45, 7) is 3.91. The second-order valence-electron chi connectivity index (χ2n) is 4.38. The van der Waals surface area contributed by atoms with Crippen molar-refractivity contribution in [3.8, 4) is 0 Å². The Bertz CT molecular complexity index is 164. The van der Waals surface area contributed by atoms with Gasteiger partial charge in [0.2, 0.25) is 0 Å². The predicted octanol–water partition coefficient (Wildman–Crippen LogP) is 1.67. The highest BCUT2D eigenvalue weighted by Crippen LogP contribution is 2.48. The lowest BCUT2D eigenvalue weighted by Gasteiger charge is -2.52. The molecule has 1 atom stereocenters. The summed E-state index contributed by atoms with van der Waals surface area (Å²) in [7, 11) is 0. The van der Waals surface area contributed by atoms with Crippen LogP contribution in [0.5, 0.6) is 0 Å². The highest BCUT2D eigenvalue weighted by Gasteiger charge is 2.49. The lowest BCUT2D eigenvalue weighted by atomic mass is 9.72. The molecule has 3 fully saturated rings. The van der Waals surface area contributed by atoms with Gasteiger partial charge in [-0.15, -0.1) is 0 Å². The number of hydrogen-bond donors (Lipinski definition) is 1. The fourth-order valence-corrected chi connectivity index (χ4v) is 2.45. The van der Waals surface area contributed by atoms with Crippen molar-refractivity contribution < 1.29 is 9.84 Å². The number of fused-ring (bicyclic) bond motifs is 3. The van der Waals surface area contributed by atoms with Crippen molar-refractivity contribution >= 4 is 0 Å². The average molecular weight is 156 g/mol. The van der Waals surface area contributed by atoms with Crippen LogP contribution in [0.25, 0.3) is 0 Å². The van der Waals surface area contributed by atoms with E-state index in [2.05, 4.69) is 6.92 Å². The summed E-state index contributed by atoms with van der Waals surface area (Å²) in [4.78, 5) is 0. The van der Waals surface area contributed by atoms with Crippen LogP contribution in [-0.4, -0.2) is 16.5 Å².